The van der Waals surface area contributed by atoms with Gasteiger partial charge < -0.3 is 10.6 Å². The summed E-state index contributed by atoms with van der Waals surface area (Å²) in [4.78, 5) is 2.41. The molecule has 0 amide bonds. The van der Waals surface area contributed by atoms with Crippen LogP contribution in [0.2, 0.25) is 0 Å². The zero-order valence-electron chi connectivity index (χ0n) is 8.39. The van der Waals surface area contributed by atoms with Crippen LogP contribution in [0.15, 0.2) is 12.2 Å². The number of rotatable bonds is 2. The molecule has 1 aliphatic carbocycles. The molecular formula is C10H18N2OS. The first-order chi connectivity index (χ1) is 6.74. The van der Waals surface area contributed by atoms with Crippen LogP contribution in [0.3, 0.4) is 0 Å². The van der Waals surface area contributed by atoms with E-state index in [4.69, 9.17) is 5.73 Å². The molecule has 2 N–H and O–H groups in total. The summed E-state index contributed by atoms with van der Waals surface area (Å²) in [6.45, 7) is 3.08. The Morgan fingerprint density at radius 1 is 1.36 bits per heavy atom. The third-order valence-corrected chi connectivity index (χ3v) is 4.24. The van der Waals surface area contributed by atoms with Crippen LogP contribution in [-0.4, -0.2) is 46.3 Å². The second-order valence-electron chi connectivity index (χ2n) is 4.19. The normalized spacial score (nSPS) is 35.2. The molecule has 1 saturated heterocycles. The summed E-state index contributed by atoms with van der Waals surface area (Å²) in [5, 5.41) is 0. The molecule has 2 atom stereocenters. The molecule has 3 nitrogen and oxygen atoms in total. The van der Waals surface area contributed by atoms with Gasteiger partial charge in [-0.1, -0.05) is 12.2 Å². The average molecular weight is 214 g/mol. The summed E-state index contributed by atoms with van der Waals surface area (Å²) in [6.07, 6.45) is 5.42. The lowest BCUT2D eigenvalue weighted by molar-refractivity contribution is 0.266. The highest BCUT2D eigenvalue weighted by Crippen LogP contribution is 2.18. The SMILES string of the molecule is NC1C=CC(CN2CCS(=O)CC2)C1. The fraction of sp³-hybridized carbons (Fsp3) is 0.800. The van der Waals surface area contributed by atoms with Gasteiger partial charge in [0.1, 0.15) is 0 Å². The van der Waals surface area contributed by atoms with Gasteiger partial charge in [0.15, 0.2) is 0 Å². The van der Waals surface area contributed by atoms with Crippen LogP contribution in [0.25, 0.3) is 0 Å². The van der Waals surface area contributed by atoms with Gasteiger partial charge in [-0.05, 0) is 12.3 Å². The maximum absolute atomic E-state index is 11.1. The predicted molar refractivity (Wildman–Crippen MR) is 59.5 cm³/mol. The van der Waals surface area contributed by atoms with Crippen LogP contribution in [0, 0.1) is 5.92 Å². The van der Waals surface area contributed by atoms with Gasteiger partial charge >= 0.3 is 0 Å². The van der Waals surface area contributed by atoms with Crippen molar-refractivity contribution in [2.75, 3.05) is 31.1 Å². The van der Waals surface area contributed by atoms with Crippen LogP contribution in [-0.2, 0) is 10.8 Å². The van der Waals surface area contributed by atoms with E-state index in [1.807, 2.05) is 0 Å². The quantitative estimate of drug-likeness (QED) is 0.656. The van der Waals surface area contributed by atoms with E-state index in [0.717, 1.165) is 37.6 Å². The number of nitrogens with two attached hydrogens (primary N) is 1. The lowest BCUT2D eigenvalue weighted by Gasteiger charge is -2.28. The highest BCUT2D eigenvalue weighted by atomic mass is 32.2. The van der Waals surface area contributed by atoms with E-state index in [9.17, 15) is 4.21 Å². The molecule has 2 rings (SSSR count). The first-order valence-electron chi connectivity index (χ1n) is 5.25. The molecule has 0 aromatic heterocycles. The van der Waals surface area contributed by atoms with Crippen molar-refractivity contribution in [2.45, 2.75) is 12.5 Å². The Balaban J connectivity index is 1.76. The summed E-state index contributed by atoms with van der Waals surface area (Å²) in [7, 11) is -0.555. The zero-order valence-corrected chi connectivity index (χ0v) is 9.21. The maximum atomic E-state index is 11.1. The standard InChI is InChI=1S/C10H18N2OS/c11-10-2-1-9(7-10)8-12-3-5-14(13)6-4-12/h1-2,9-10H,3-8,11H2. The molecule has 2 unspecified atom stereocenters. The molecule has 1 heterocycles. The van der Waals surface area contributed by atoms with Crippen LogP contribution in [0.1, 0.15) is 6.42 Å². The van der Waals surface area contributed by atoms with Crippen molar-refractivity contribution in [3.8, 4) is 0 Å². The van der Waals surface area contributed by atoms with Crippen molar-refractivity contribution in [1.82, 2.24) is 4.90 Å². The molecule has 14 heavy (non-hydrogen) atoms. The van der Waals surface area contributed by atoms with Crippen molar-refractivity contribution in [1.29, 1.82) is 0 Å². The molecule has 4 heteroatoms. The Morgan fingerprint density at radius 3 is 2.64 bits per heavy atom. The number of nitrogens with zero attached hydrogens (tertiary/aromatic N) is 1. The second kappa shape index (κ2) is 4.55. The molecule has 0 radical (unpaired) electrons. The molecule has 0 bridgehead atoms. The molecule has 2 aliphatic rings. The Bertz CT molecular complexity index is 245. The monoisotopic (exact) mass is 214 g/mol. The van der Waals surface area contributed by atoms with E-state index in [1.165, 1.54) is 0 Å². The van der Waals surface area contributed by atoms with Crippen LogP contribution in [0.4, 0.5) is 0 Å². The third-order valence-electron chi connectivity index (χ3n) is 2.97. The van der Waals surface area contributed by atoms with E-state index >= 15 is 0 Å². The van der Waals surface area contributed by atoms with Crippen LogP contribution >= 0.6 is 0 Å². The zero-order chi connectivity index (χ0) is 9.97. The minimum absolute atomic E-state index is 0.263. The fourth-order valence-corrected chi connectivity index (χ4v) is 3.26. The molecule has 0 spiro atoms. The molecule has 1 aliphatic heterocycles. The van der Waals surface area contributed by atoms with Gasteiger partial charge in [0.25, 0.3) is 0 Å². The van der Waals surface area contributed by atoms with Gasteiger partial charge in [-0.15, -0.1) is 0 Å². The molecular weight excluding hydrogens is 196 g/mol. The average Bonchev–Trinajstić information content (AvgIpc) is 2.56. The van der Waals surface area contributed by atoms with Crippen molar-refractivity contribution in [3.63, 3.8) is 0 Å². The topological polar surface area (TPSA) is 46.3 Å². The lowest BCUT2D eigenvalue weighted by Crippen LogP contribution is -2.40. The minimum Gasteiger partial charge on any atom is -0.324 e. The summed E-state index contributed by atoms with van der Waals surface area (Å²) < 4.78 is 11.1. The maximum Gasteiger partial charge on any atom is 0.0363 e. The first-order valence-corrected chi connectivity index (χ1v) is 6.74. The lowest BCUT2D eigenvalue weighted by atomic mass is 10.1. The second-order valence-corrected chi connectivity index (χ2v) is 5.89. The van der Waals surface area contributed by atoms with E-state index in [2.05, 4.69) is 17.1 Å². The van der Waals surface area contributed by atoms with Gasteiger partial charge in [0.2, 0.25) is 0 Å². The molecule has 0 saturated carbocycles. The van der Waals surface area contributed by atoms with Crippen LogP contribution in [0.5, 0.6) is 0 Å². The van der Waals surface area contributed by atoms with Crippen molar-refractivity contribution >= 4 is 10.8 Å². The Morgan fingerprint density at radius 2 is 2.07 bits per heavy atom. The van der Waals surface area contributed by atoms with Crippen molar-refractivity contribution in [3.05, 3.63) is 12.2 Å². The third kappa shape index (κ3) is 2.65. The Labute approximate surface area is 87.8 Å². The van der Waals surface area contributed by atoms with Gasteiger partial charge in [-0.2, -0.15) is 0 Å². The Hall–Kier alpha value is -0.190. The summed E-state index contributed by atoms with van der Waals surface area (Å²) >= 11 is 0. The molecule has 0 aromatic carbocycles. The van der Waals surface area contributed by atoms with Crippen molar-refractivity contribution < 1.29 is 4.21 Å². The highest BCUT2D eigenvalue weighted by Gasteiger charge is 2.21. The van der Waals surface area contributed by atoms with Gasteiger partial charge in [-0.25, -0.2) is 0 Å². The van der Waals surface area contributed by atoms with E-state index < -0.39 is 10.8 Å². The van der Waals surface area contributed by atoms with Crippen LogP contribution < -0.4 is 5.73 Å². The molecule has 0 aromatic rings. The van der Waals surface area contributed by atoms with Gasteiger partial charge in [0, 0.05) is 48.0 Å². The highest BCUT2D eigenvalue weighted by molar-refractivity contribution is 7.85. The molecule has 80 valence electrons. The predicted octanol–water partition coefficient (Wildman–Crippen LogP) is -0.0459. The Kier molecular flexibility index (Phi) is 3.36. The minimum atomic E-state index is -0.555. The van der Waals surface area contributed by atoms with E-state index in [-0.39, 0.29) is 6.04 Å². The van der Waals surface area contributed by atoms with Gasteiger partial charge in [-0.3, -0.25) is 4.21 Å². The number of hydrogen-bond acceptors (Lipinski definition) is 3. The summed E-state index contributed by atoms with van der Waals surface area (Å²) in [5.74, 6) is 2.32. The van der Waals surface area contributed by atoms with E-state index in [0.29, 0.717) is 5.92 Å². The van der Waals surface area contributed by atoms with Crippen molar-refractivity contribution in [2.24, 2.45) is 11.7 Å². The number of hydrogen-bond donors (Lipinski definition) is 1. The van der Waals surface area contributed by atoms with Gasteiger partial charge in [0.05, 0.1) is 0 Å². The fourth-order valence-electron chi connectivity index (χ4n) is 2.13. The van der Waals surface area contributed by atoms with E-state index in [1.54, 1.807) is 0 Å². The summed E-state index contributed by atoms with van der Waals surface area (Å²) in [5.41, 5.74) is 5.80. The largest absolute Gasteiger partial charge is 0.324 e. The smallest absolute Gasteiger partial charge is 0.0363 e. The molecule has 1 fully saturated rings. The summed E-state index contributed by atoms with van der Waals surface area (Å²) in [6, 6.07) is 0.263. The first kappa shape index (κ1) is 10.3.